The van der Waals surface area contributed by atoms with Crippen molar-refractivity contribution in [3.63, 3.8) is 0 Å². The van der Waals surface area contributed by atoms with Gasteiger partial charge in [-0.1, -0.05) is 13.3 Å². The normalized spacial score (nSPS) is 22.2. The first kappa shape index (κ1) is 14.6. The van der Waals surface area contributed by atoms with Gasteiger partial charge in [-0.2, -0.15) is 0 Å². The molecule has 1 aromatic carbocycles. The van der Waals surface area contributed by atoms with E-state index in [1.165, 1.54) is 30.7 Å². The molecule has 0 aliphatic heterocycles. The number of aromatic carboxylic acids is 1. The molecule has 0 bridgehead atoms. The quantitative estimate of drug-likeness (QED) is 0.675. The van der Waals surface area contributed by atoms with E-state index in [-0.39, 0.29) is 17.5 Å². The predicted octanol–water partition coefficient (Wildman–Crippen LogP) is 3.51. The van der Waals surface area contributed by atoms with E-state index < -0.39 is 5.97 Å². The molecular weight excluding hydrogens is 256 g/mol. The Morgan fingerprint density at radius 3 is 2.25 bits per heavy atom. The summed E-state index contributed by atoms with van der Waals surface area (Å²) in [5.74, 6) is -0.0353. The number of ether oxygens (including phenoxy) is 1. The number of carboxylic acid groups (broad SMARTS) is 1. The average molecular weight is 276 g/mol. The first-order chi connectivity index (χ1) is 9.60. The maximum absolute atomic E-state index is 12.0. The maximum atomic E-state index is 12.0. The molecule has 0 radical (unpaired) electrons. The molecule has 1 aliphatic carbocycles. The molecule has 0 saturated heterocycles. The third-order valence-electron chi connectivity index (χ3n) is 4.08. The highest BCUT2D eigenvalue weighted by molar-refractivity contribution is 5.87. The number of benzene rings is 1. The zero-order chi connectivity index (χ0) is 14.5. The van der Waals surface area contributed by atoms with Crippen LogP contribution in [0.5, 0.6) is 5.75 Å². The molecule has 1 N–H and O–H groups in total. The van der Waals surface area contributed by atoms with Crippen LogP contribution in [0.25, 0.3) is 0 Å². The van der Waals surface area contributed by atoms with Crippen LogP contribution >= 0.6 is 0 Å². The van der Waals surface area contributed by atoms with Gasteiger partial charge in [0.2, 0.25) is 0 Å². The summed E-state index contributed by atoms with van der Waals surface area (Å²) in [4.78, 5) is 22.8. The Morgan fingerprint density at radius 2 is 1.75 bits per heavy atom. The van der Waals surface area contributed by atoms with E-state index >= 15 is 0 Å². The van der Waals surface area contributed by atoms with Crippen LogP contribution < -0.4 is 4.74 Å². The molecular formula is C16H20O4. The molecule has 4 heteroatoms. The van der Waals surface area contributed by atoms with Crippen LogP contribution in [0.3, 0.4) is 0 Å². The Labute approximate surface area is 118 Å². The number of carbonyl (C=O) groups excluding carboxylic acids is 1. The average Bonchev–Trinajstić information content (AvgIpc) is 2.48. The van der Waals surface area contributed by atoms with Crippen molar-refractivity contribution in [2.75, 3.05) is 0 Å². The van der Waals surface area contributed by atoms with E-state index in [1.54, 1.807) is 0 Å². The molecule has 1 aliphatic rings. The van der Waals surface area contributed by atoms with Gasteiger partial charge in [-0.3, -0.25) is 4.79 Å². The first-order valence-corrected chi connectivity index (χ1v) is 7.15. The van der Waals surface area contributed by atoms with Crippen molar-refractivity contribution in [1.29, 1.82) is 0 Å². The van der Waals surface area contributed by atoms with Crippen LogP contribution in [0.2, 0.25) is 0 Å². The van der Waals surface area contributed by atoms with Gasteiger partial charge >= 0.3 is 11.9 Å². The zero-order valence-corrected chi connectivity index (χ0v) is 11.7. The van der Waals surface area contributed by atoms with Gasteiger partial charge in [-0.05, 0) is 55.9 Å². The number of esters is 1. The number of rotatable bonds is 4. The third-order valence-corrected chi connectivity index (χ3v) is 4.08. The summed E-state index contributed by atoms with van der Waals surface area (Å²) >= 11 is 0. The fraction of sp³-hybridized carbons (Fsp3) is 0.500. The van der Waals surface area contributed by atoms with Crippen LogP contribution in [0, 0.1) is 11.8 Å². The molecule has 4 nitrogen and oxygen atoms in total. The van der Waals surface area contributed by atoms with Gasteiger partial charge in [-0.25, -0.2) is 4.79 Å². The summed E-state index contributed by atoms with van der Waals surface area (Å²) in [6, 6.07) is 5.94. The van der Waals surface area contributed by atoms with Gasteiger partial charge in [0, 0.05) is 0 Å². The third kappa shape index (κ3) is 3.59. The maximum Gasteiger partial charge on any atom is 0.335 e. The number of hydrogen-bond acceptors (Lipinski definition) is 3. The van der Waals surface area contributed by atoms with Gasteiger partial charge in [0.25, 0.3) is 0 Å². The molecule has 0 unspecified atom stereocenters. The Balaban J connectivity index is 1.90. The van der Waals surface area contributed by atoms with Gasteiger partial charge in [0.15, 0.2) is 0 Å². The summed E-state index contributed by atoms with van der Waals surface area (Å²) < 4.78 is 5.33. The molecule has 0 atom stereocenters. The van der Waals surface area contributed by atoms with Crippen molar-refractivity contribution in [3.05, 3.63) is 29.8 Å². The molecule has 1 aromatic rings. The summed E-state index contributed by atoms with van der Waals surface area (Å²) in [6.45, 7) is 2.19. The second-order valence-electron chi connectivity index (χ2n) is 5.38. The van der Waals surface area contributed by atoms with E-state index in [0.29, 0.717) is 5.75 Å². The van der Waals surface area contributed by atoms with Gasteiger partial charge in [0.1, 0.15) is 5.75 Å². The van der Waals surface area contributed by atoms with Crippen LogP contribution in [-0.4, -0.2) is 17.0 Å². The van der Waals surface area contributed by atoms with E-state index in [9.17, 15) is 9.59 Å². The lowest BCUT2D eigenvalue weighted by Gasteiger charge is -2.26. The molecule has 1 fully saturated rings. The second kappa shape index (κ2) is 6.55. The zero-order valence-electron chi connectivity index (χ0n) is 11.7. The van der Waals surface area contributed by atoms with Crippen molar-refractivity contribution in [1.82, 2.24) is 0 Å². The summed E-state index contributed by atoms with van der Waals surface area (Å²) in [7, 11) is 0. The van der Waals surface area contributed by atoms with E-state index in [2.05, 4.69) is 6.92 Å². The molecule has 108 valence electrons. The molecule has 0 amide bonds. The lowest BCUT2D eigenvalue weighted by molar-refractivity contribution is -0.140. The number of carbonyl (C=O) groups is 2. The molecule has 20 heavy (non-hydrogen) atoms. The molecule has 0 spiro atoms. The Kier molecular flexibility index (Phi) is 4.77. The summed E-state index contributed by atoms with van der Waals surface area (Å²) in [5, 5.41) is 8.80. The number of carboxylic acids is 1. The van der Waals surface area contributed by atoms with Gasteiger partial charge in [0.05, 0.1) is 11.5 Å². The highest BCUT2D eigenvalue weighted by Crippen LogP contribution is 2.31. The summed E-state index contributed by atoms with van der Waals surface area (Å²) in [6.07, 6.45) is 5.15. The minimum Gasteiger partial charge on any atom is -0.478 e. The topological polar surface area (TPSA) is 63.6 Å². The highest BCUT2D eigenvalue weighted by Gasteiger charge is 2.26. The number of hydrogen-bond donors (Lipinski definition) is 1. The molecule has 2 rings (SSSR count). The van der Waals surface area contributed by atoms with E-state index in [1.807, 2.05) is 0 Å². The Morgan fingerprint density at radius 1 is 1.15 bits per heavy atom. The van der Waals surface area contributed by atoms with Crippen molar-refractivity contribution < 1.29 is 19.4 Å². The van der Waals surface area contributed by atoms with E-state index in [4.69, 9.17) is 9.84 Å². The fourth-order valence-electron chi connectivity index (χ4n) is 2.67. The van der Waals surface area contributed by atoms with Gasteiger partial charge < -0.3 is 9.84 Å². The van der Waals surface area contributed by atoms with Crippen molar-refractivity contribution in [2.45, 2.75) is 39.0 Å². The second-order valence-corrected chi connectivity index (χ2v) is 5.38. The predicted molar refractivity (Wildman–Crippen MR) is 74.8 cm³/mol. The monoisotopic (exact) mass is 276 g/mol. The lowest BCUT2D eigenvalue weighted by atomic mass is 9.81. The Bertz CT molecular complexity index is 470. The van der Waals surface area contributed by atoms with E-state index in [0.717, 1.165) is 31.6 Å². The molecule has 0 aromatic heterocycles. The smallest absolute Gasteiger partial charge is 0.335 e. The fourth-order valence-corrected chi connectivity index (χ4v) is 2.67. The minimum atomic E-state index is -0.985. The van der Waals surface area contributed by atoms with Crippen molar-refractivity contribution in [3.8, 4) is 5.75 Å². The Hall–Kier alpha value is -1.84. The lowest BCUT2D eigenvalue weighted by Crippen LogP contribution is -2.25. The first-order valence-electron chi connectivity index (χ1n) is 7.15. The van der Waals surface area contributed by atoms with Crippen LogP contribution in [0.4, 0.5) is 0 Å². The minimum absolute atomic E-state index is 0.0167. The van der Waals surface area contributed by atoms with Crippen LogP contribution in [0.15, 0.2) is 24.3 Å². The van der Waals surface area contributed by atoms with Crippen LogP contribution in [-0.2, 0) is 4.79 Å². The largest absolute Gasteiger partial charge is 0.478 e. The van der Waals surface area contributed by atoms with Crippen molar-refractivity contribution in [2.24, 2.45) is 11.8 Å². The van der Waals surface area contributed by atoms with Crippen molar-refractivity contribution >= 4 is 11.9 Å². The highest BCUT2D eigenvalue weighted by atomic mass is 16.5. The standard InChI is InChI=1S/C16H20O4/c1-2-11-3-5-13(6-4-11)16(19)20-14-9-7-12(8-10-14)15(17)18/h7-11,13H,2-6H2,1H3,(H,17,18). The van der Waals surface area contributed by atoms with Gasteiger partial charge in [-0.15, -0.1) is 0 Å². The molecule has 0 heterocycles. The SMILES string of the molecule is CCC1CCC(C(=O)Oc2ccc(C(=O)O)cc2)CC1. The molecule has 1 saturated carbocycles. The summed E-state index contributed by atoms with van der Waals surface area (Å²) in [5.41, 5.74) is 0.188. The van der Waals surface area contributed by atoms with Crippen LogP contribution in [0.1, 0.15) is 49.4 Å².